The molecule has 0 aliphatic heterocycles. The van der Waals surface area contributed by atoms with Gasteiger partial charge < -0.3 is 9.40 Å². The first-order valence-corrected chi connectivity index (χ1v) is 9.84. The minimum absolute atomic E-state index is 0.0533. The molecule has 7 nitrogen and oxygen atoms in total. The summed E-state index contributed by atoms with van der Waals surface area (Å²) < 4.78 is 46.2. The van der Waals surface area contributed by atoms with Crippen LogP contribution in [0.5, 0.6) is 0 Å². The average molecular weight is 419 g/mol. The summed E-state index contributed by atoms with van der Waals surface area (Å²) in [6, 6.07) is 14.1. The highest BCUT2D eigenvalue weighted by molar-refractivity contribution is 7.92. The van der Waals surface area contributed by atoms with Gasteiger partial charge in [-0.2, -0.15) is 0 Å². The van der Waals surface area contributed by atoms with Gasteiger partial charge in [0.1, 0.15) is 16.4 Å². The summed E-state index contributed by atoms with van der Waals surface area (Å²) >= 11 is 5.68. The van der Waals surface area contributed by atoms with Gasteiger partial charge in [0.25, 0.3) is 15.9 Å². The number of halogens is 2. The molecule has 10 heteroatoms. The van der Waals surface area contributed by atoms with E-state index in [0.29, 0.717) is 11.6 Å². The van der Waals surface area contributed by atoms with E-state index in [1.54, 1.807) is 0 Å². The van der Waals surface area contributed by atoms with Gasteiger partial charge in [-0.15, -0.1) is 10.2 Å². The third-order valence-corrected chi connectivity index (χ3v) is 5.47. The first-order chi connectivity index (χ1) is 13.4. The van der Waals surface area contributed by atoms with E-state index in [2.05, 4.69) is 19.9 Å². The SMILES string of the molecule is O=S(=O)(Nc1ccc(F)c(Cl)c1)c1c[nH]c(-c2nnc(-c3ccccc3)o2)c1. The van der Waals surface area contributed by atoms with E-state index >= 15 is 0 Å². The molecule has 0 bridgehead atoms. The van der Waals surface area contributed by atoms with Gasteiger partial charge in [-0.05, 0) is 36.4 Å². The van der Waals surface area contributed by atoms with Crippen LogP contribution in [0.4, 0.5) is 10.1 Å². The monoisotopic (exact) mass is 418 g/mol. The van der Waals surface area contributed by atoms with E-state index < -0.39 is 15.8 Å². The number of hydrogen-bond acceptors (Lipinski definition) is 5. The number of aromatic amines is 1. The smallest absolute Gasteiger partial charge is 0.264 e. The molecule has 4 rings (SSSR count). The summed E-state index contributed by atoms with van der Waals surface area (Å²) in [6.07, 6.45) is 1.29. The Bertz CT molecular complexity index is 1240. The largest absolute Gasteiger partial charge is 0.415 e. The molecule has 0 aliphatic carbocycles. The Morgan fingerprint density at radius 3 is 2.54 bits per heavy atom. The summed E-state index contributed by atoms with van der Waals surface area (Å²) in [5, 5.41) is 7.72. The van der Waals surface area contributed by atoms with E-state index in [4.69, 9.17) is 16.0 Å². The molecule has 2 aromatic carbocycles. The van der Waals surface area contributed by atoms with E-state index in [1.165, 1.54) is 24.4 Å². The second-order valence-corrected chi connectivity index (χ2v) is 7.85. The Morgan fingerprint density at radius 1 is 1.04 bits per heavy atom. The van der Waals surface area contributed by atoms with Crippen molar-refractivity contribution in [3.05, 3.63) is 71.6 Å². The first kappa shape index (κ1) is 18.2. The van der Waals surface area contributed by atoms with Gasteiger partial charge in [0.2, 0.25) is 5.89 Å². The quantitative estimate of drug-likeness (QED) is 0.502. The zero-order chi connectivity index (χ0) is 19.7. The molecule has 0 amide bonds. The molecule has 0 spiro atoms. The number of aromatic nitrogens is 3. The average Bonchev–Trinajstić information content (AvgIpc) is 3.35. The third kappa shape index (κ3) is 3.62. The summed E-state index contributed by atoms with van der Waals surface area (Å²) in [6.45, 7) is 0. The van der Waals surface area contributed by atoms with Crippen molar-refractivity contribution in [3.8, 4) is 23.0 Å². The van der Waals surface area contributed by atoms with Crippen molar-refractivity contribution in [1.82, 2.24) is 15.2 Å². The molecule has 0 radical (unpaired) electrons. The number of hydrogen-bond donors (Lipinski definition) is 2. The van der Waals surface area contributed by atoms with Crippen molar-refractivity contribution in [3.63, 3.8) is 0 Å². The maximum absolute atomic E-state index is 13.2. The van der Waals surface area contributed by atoms with Crippen molar-refractivity contribution in [2.75, 3.05) is 4.72 Å². The second kappa shape index (κ2) is 7.10. The molecule has 28 heavy (non-hydrogen) atoms. The van der Waals surface area contributed by atoms with Crippen LogP contribution in [0.2, 0.25) is 5.02 Å². The van der Waals surface area contributed by atoms with Gasteiger partial charge in [0.15, 0.2) is 0 Å². The van der Waals surface area contributed by atoms with Crippen LogP contribution in [0, 0.1) is 5.82 Å². The predicted octanol–water partition coefficient (Wildman–Crippen LogP) is 4.33. The molecule has 0 aliphatic rings. The van der Waals surface area contributed by atoms with Gasteiger partial charge in [-0.1, -0.05) is 29.8 Å². The standard InChI is InChI=1S/C18H12ClFN4O3S/c19-14-8-12(6-7-15(14)20)24-28(25,26)13-9-16(21-10-13)18-23-22-17(27-18)11-4-2-1-3-5-11/h1-10,21,24H. The summed E-state index contributed by atoms with van der Waals surface area (Å²) in [4.78, 5) is 2.74. The summed E-state index contributed by atoms with van der Waals surface area (Å²) in [5.41, 5.74) is 1.22. The fourth-order valence-corrected chi connectivity index (χ4v) is 3.68. The van der Waals surface area contributed by atoms with Gasteiger partial charge >= 0.3 is 0 Å². The summed E-state index contributed by atoms with van der Waals surface area (Å²) in [5.74, 6) is -0.182. The van der Waals surface area contributed by atoms with Crippen molar-refractivity contribution in [2.24, 2.45) is 0 Å². The molecule has 0 unspecified atom stereocenters. The molecular weight excluding hydrogens is 407 g/mol. The van der Waals surface area contributed by atoms with Gasteiger partial charge in [0.05, 0.1) is 10.7 Å². The molecule has 0 fully saturated rings. The number of nitrogens with zero attached hydrogens (tertiary/aromatic N) is 2. The zero-order valence-corrected chi connectivity index (χ0v) is 15.6. The van der Waals surface area contributed by atoms with Crippen molar-refractivity contribution in [2.45, 2.75) is 4.90 Å². The Labute approximate surface area is 164 Å². The van der Waals surface area contributed by atoms with E-state index in [0.717, 1.165) is 11.6 Å². The number of H-pyrrole nitrogens is 1. The lowest BCUT2D eigenvalue weighted by atomic mass is 10.2. The Morgan fingerprint density at radius 2 is 1.79 bits per heavy atom. The molecule has 4 aromatic rings. The van der Waals surface area contributed by atoms with E-state index in [-0.39, 0.29) is 21.5 Å². The highest BCUT2D eigenvalue weighted by Crippen LogP contribution is 2.26. The number of benzene rings is 2. The minimum atomic E-state index is -3.93. The first-order valence-electron chi connectivity index (χ1n) is 7.98. The summed E-state index contributed by atoms with van der Waals surface area (Å²) in [7, 11) is -3.93. The molecule has 2 N–H and O–H groups in total. The zero-order valence-electron chi connectivity index (χ0n) is 14.1. The lowest BCUT2D eigenvalue weighted by Crippen LogP contribution is -2.12. The van der Waals surface area contributed by atoms with Gasteiger partial charge in [0, 0.05) is 11.8 Å². The highest BCUT2D eigenvalue weighted by atomic mass is 35.5. The van der Waals surface area contributed by atoms with Crippen LogP contribution in [0.25, 0.3) is 23.0 Å². The van der Waals surface area contributed by atoms with Crippen LogP contribution in [0.3, 0.4) is 0 Å². The maximum atomic E-state index is 13.2. The van der Waals surface area contributed by atoms with Crippen molar-refractivity contribution < 1.29 is 17.2 Å². The number of sulfonamides is 1. The Balaban J connectivity index is 1.58. The Hall–Kier alpha value is -3.17. The normalized spacial score (nSPS) is 11.5. The molecule has 0 saturated heterocycles. The van der Waals surface area contributed by atoms with Crippen LogP contribution >= 0.6 is 11.6 Å². The van der Waals surface area contributed by atoms with Crippen LogP contribution in [-0.2, 0) is 10.0 Å². The predicted molar refractivity (Wildman–Crippen MR) is 102 cm³/mol. The van der Waals surface area contributed by atoms with Crippen LogP contribution in [-0.4, -0.2) is 23.6 Å². The molecule has 0 atom stereocenters. The molecule has 2 heterocycles. The number of nitrogens with one attached hydrogen (secondary N) is 2. The second-order valence-electron chi connectivity index (χ2n) is 5.76. The lowest BCUT2D eigenvalue weighted by Gasteiger charge is -2.06. The van der Waals surface area contributed by atoms with Crippen LogP contribution in [0.1, 0.15) is 0 Å². The van der Waals surface area contributed by atoms with Crippen LogP contribution < -0.4 is 4.72 Å². The fourth-order valence-electron chi connectivity index (χ4n) is 2.46. The topological polar surface area (TPSA) is 101 Å². The molecule has 2 aromatic heterocycles. The Kier molecular flexibility index (Phi) is 4.62. The molecular formula is C18H12ClFN4O3S. The van der Waals surface area contributed by atoms with Gasteiger partial charge in [-0.3, -0.25) is 4.72 Å². The van der Waals surface area contributed by atoms with Crippen molar-refractivity contribution >= 4 is 27.3 Å². The van der Waals surface area contributed by atoms with Crippen LogP contribution in [0.15, 0.2) is 70.1 Å². The van der Waals surface area contributed by atoms with Crippen molar-refractivity contribution in [1.29, 1.82) is 0 Å². The molecule has 142 valence electrons. The third-order valence-electron chi connectivity index (χ3n) is 3.81. The maximum Gasteiger partial charge on any atom is 0.264 e. The fraction of sp³-hybridized carbons (Fsp3) is 0. The highest BCUT2D eigenvalue weighted by Gasteiger charge is 2.20. The lowest BCUT2D eigenvalue weighted by molar-refractivity contribution is 0.582. The number of rotatable bonds is 5. The molecule has 0 saturated carbocycles. The van der Waals surface area contributed by atoms with Gasteiger partial charge in [-0.25, -0.2) is 12.8 Å². The van der Waals surface area contributed by atoms with E-state index in [1.807, 2.05) is 30.3 Å². The minimum Gasteiger partial charge on any atom is -0.415 e. The van der Waals surface area contributed by atoms with E-state index in [9.17, 15) is 12.8 Å². The number of anilines is 1.